The molecule has 9 heteroatoms. The molecule has 0 amide bonds. The van der Waals surface area contributed by atoms with Gasteiger partial charge in [0.2, 0.25) is 5.95 Å². The van der Waals surface area contributed by atoms with Gasteiger partial charge in [-0.1, -0.05) is 0 Å². The summed E-state index contributed by atoms with van der Waals surface area (Å²) in [6.07, 6.45) is 1.63. The number of nitrogens with zero attached hydrogens (tertiary/aromatic N) is 4. The largest absolute Gasteiger partial charge is 0.497 e. The van der Waals surface area contributed by atoms with Gasteiger partial charge in [0, 0.05) is 13.1 Å². The number of aryl methyl sites for hydroxylation is 1. The van der Waals surface area contributed by atoms with Crippen molar-refractivity contribution in [2.75, 3.05) is 12.5 Å². The van der Waals surface area contributed by atoms with E-state index in [9.17, 15) is 9.59 Å². The molecule has 2 heterocycles. The van der Waals surface area contributed by atoms with Crippen LogP contribution < -0.4 is 21.4 Å². The molecule has 3 aromatic rings. The minimum Gasteiger partial charge on any atom is -0.497 e. The van der Waals surface area contributed by atoms with E-state index in [2.05, 4.69) is 20.5 Å². The minimum atomic E-state index is -0.510. The molecule has 0 radical (unpaired) electrons. The van der Waals surface area contributed by atoms with E-state index in [-0.39, 0.29) is 6.04 Å². The smallest absolute Gasteiger partial charge is 0.329 e. The van der Waals surface area contributed by atoms with E-state index in [0.29, 0.717) is 17.1 Å². The molecule has 0 aliphatic rings. The van der Waals surface area contributed by atoms with Gasteiger partial charge in [-0.05, 0) is 43.7 Å². The summed E-state index contributed by atoms with van der Waals surface area (Å²) in [6, 6.07) is 7.34. The van der Waals surface area contributed by atoms with Crippen LogP contribution in [-0.2, 0) is 7.05 Å². The molecule has 2 N–H and O–H groups in total. The predicted octanol–water partition coefficient (Wildman–Crippen LogP) is 1.46. The summed E-state index contributed by atoms with van der Waals surface area (Å²) >= 11 is 0. The van der Waals surface area contributed by atoms with Crippen molar-refractivity contribution < 1.29 is 4.74 Å². The van der Waals surface area contributed by atoms with E-state index in [1.165, 1.54) is 4.57 Å². The molecule has 26 heavy (non-hydrogen) atoms. The Morgan fingerprint density at radius 1 is 1.27 bits per heavy atom. The number of fused-ring (bicyclic) bond motifs is 1. The van der Waals surface area contributed by atoms with Crippen LogP contribution in [0, 0.1) is 0 Å². The highest BCUT2D eigenvalue weighted by atomic mass is 16.5. The summed E-state index contributed by atoms with van der Waals surface area (Å²) in [4.78, 5) is 30.7. The van der Waals surface area contributed by atoms with Crippen LogP contribution in [0.25, 0.3) is 11.2 Å². The average Bonchev–Trinajstić information content (AvgIpc) is 3.01. The second kappa shape index (κ2) is 6.87. The maximum Gasteiger partial charge on any atom is 0.329 e. The van der Waals surface area contributed by atoms with Crippen molar-refractivity contribution in [3.63, 3.8) is 0 Å². The Labute approximate surface area is 148 Å². The van der Waals surface area contributed by atoms with Crippen molar-refractivity contribution >= 4 is 23.3 Å². The lowest BCUT2D eigenvalue weighted by Crippen LogP contribution is -2.29. The molecule has 2 aromatic heterocycles. The highest BCUT2D eigenvalue weighted by molar-refractivity contribution is 5.80. The maximum absolute atomic E-state index is 12.2. The van der Waals surface area contributed by atoms with Gasteiger partial charge in [0.15, 0.2) is 11.2 Å². The molecule has 0 spiro atoms. The van der Waals surface area contributed by atoms with E-state index in [1.807, 2.05) is 38.1 Å². The molecule has 0 saturated heterocycles. The zero-order chi connectivity index (χ0) is 18.8. The first-order valence-corrected chi connectivity index (χ1v) is 8.06. The van der Waals surface area contributed by atoms with Gasteiger partial charge in [0.25, 0.3) is 5.56 Å². The Bertz CT molecular complexity index is 1070. The summed E-state index contributed by atoms with van der Waals surface area (Å²) < 4.78 is 8.12. The third-order valence-electron chi connectivity index (χ3n) is 3.96. The molecule has 0 aliphatic heterocycles. The summed E-state index contributed by atoms with van der Waals surface area (Å²) in [6.45, 7) is 3.84. The number of methoxy groups -OCH3 is 1. The van der Waals surface area contributed by atoms with Crippen LogP contribution in [0.2, 0.25) is 0 Å². The maximum atomic E-state index is 12.2. The van der Waals surface area contributed by atoms with Crippen LogP contribution in [0.4, 0.5) is 5.95 Å². The average molecular weight is 356 g/mol. The van der Waals surface area contributed by atoms with Crippen molar-refractivity contribution in [3.8, 4) is 5.75 Å². The van der Waals surface area contributed by atoms with Crippen LogP contribution in [0.15, 0.2) is 39.0 Å². The summed E-state index contributed by atoms with van der Waals surface area (Å²) in [5, 5.41) is 4.19. The minimum absolute atomic E-state index is 0.0581. The van der Waals surface area contributed by atoms with E-state index in [4.69, 9.17) is 4.74 Å². The number of H-pyrrole nitrogens is 1. The fourth-order valence-electron chi connectivity index (χ4n) is 2.64. The molecular formula is C17H20N6O3. The fraction of sp³-hybridized carbons (Fsp3) is 0.294. The van der Waals surface area contributed by atoms with Gasteiger partial charge in [0.05, 0.1) is 13.3 Å². The molecule has 0 saturated carbocycles. The highest BCUT2D eigenvalue weighted by Gasteiger charge is 2.18. The topological polar surface area (TPSA) is 106 Å². The van der Waals surface area contributed by atoms with Gasteiger partial charge >= 0.3 is 5.69 Å². The Balaban J connectivity index is 1.99. The van der Waals surface area contributed by atoms with Gasteiger partial charge in [-0.25, -0.2) is 10.2 Å². The Morgan fingerprint density at radius 3 is 2.58 bits per heavy atom. The summed E-state index contributed by atoms with van der Waals surface area (Å²) in [7, 11) is 3.17. The van der Waals surface area contributed by atoms with Crippen LogP contribution in [0.3, 0.4) is 0 Å². The Kier molecular flexibility index (Phi) is 4.61. The fourth-order valence-corrected chi connectivity index (χ4v) is 2.64. The number of hydrogen-bond donors (Lipinski definition) is 2. The van der Waals surface area contributed by atoms with Crippen LogP contribution in [0.1, 0.15) is 25.5 Å². The highest BCUT2D eigenvalue weighted by Crippen LogP contribution is 2.20. The van der Waals surface area contributed by atoms with Crippen LogP contribution in [-0.4, -0.2) is 32.4 Å². The summed E-state index contributed by atoms with van der Waals surface area (Å²) in [5.74, 6) is 1.14. The number of hydrogen-bond acceptors (Lipinski definition) is 6. The van der Waals surface area contributed by atoms with Crippen molar-refractivity contribution in [2.24, 2.45) is 12.1 Å². The van der Waals surface area contributed by atoms with Gasteiger partial charge < -0.3 is 9.30 Å². The standard InChI is InChI=1S/C17H20N6O3/c1-10(2)23-13-14(22(3)17(25)20-15(13)24)19-16(23)21-18-9-11-5-7-12(26-4)8-6-11/h5-10H,1-4H3,(H,19,21)(H,20,24,25)/b18-9-. The van der Waals surface area contributed by atoms with E-state index >= 15 is 0 Å². The molecule has 0 atom stereocenters. The molecule has 0 fully saturated rings. The molecule has 3 rings (SSSR count). The van der Waals surface area contributed by atoms with Crippen molar-refractivity contribution in [3.05, 3.63) is 50.7 Å². The first-order chi connectivity index (χ1) is 12.4. The quantitative estimate of drug-likeness (QED) is 0.532. The Hall–Kier alpha value is -3.36. The zero-order valence-electron chi connectivity index (χ0n) is 15.0. The SMILES string of the molecule is COc1ccc(/C=N\Nc2nc3c(c(=O)[nH]c(=O)n3C)n2C(C)C)cc1. The molecule has 0 unspecified atom stereocenters. The number of ether oxygens (including phenoxy) is 1. The number of imidazole rings is 1. The number of aromatic amines is 1. The predicted molar refractivity (Wildman–Crippen MR) is 100 cm³/mol. The van der Waals surface area contributed by atoms with E-state index in [0.717, 1.165) is 11.3 Å². The third kappa shape index (κ3) is 3.10. The number of anilines is 1. The second-order valence-electron chi connectivity index (χ2n) is 6.03. The van der Waals surface area contributed by atoms with Gasteiger partial charge in [-0.3, -0.25) is 14.3 Å². The van der Waals surface area contributed by atoms with Gasteiger partial charge in [0.1, 0.15) is 5.75 Å². The lowest BCUT2D eigenvalue weighted by Gasteiger charge is -2.11. The van der Waals surface area contributed by atoms with Crippen molar-refractivity contribution in [1.29, 1.82) is 0 Å². The van der Waals surface area contributed by atoms with E-state index in [1.54, 1.807) is 24.9 Å². The van der Waals surface area contributed by atoms with E-state index < -0.39 is 11.2 Å². The first-order valence-electron chi connectivity index (χ1n) is 8.06. The van der Waals surface area contributed by atoms with Crippen LogP contribution >= 0.6 is 0 Å². The molecule has 0 aliphatic carbocycles. The zero-order valence-corrected chi connectivity index (χ0v) is 15.0. The third-order valence-corrected chi connectivity index (χ3v) is 3.96. The Morgan fingerprint density at radius 2 is 1.96 bits per heavy atom. The van der Waals surface area contributed by atoms with Crippen LogP contribution in [0.5, 0.6) is 5.75 Å². The summed E-state index contributed by atoms with van der Waals surface area (Å²) in [5.41, 5.74) is 3.37. The second-order valence-corrected chi connectivity index (χ2v) is 6.03. The lowest BCUT2D eigenvalue weighted by atomic mass is 10.2. The van der Waals surface area contributed by atoms with Gasteiger partial charge in [-0.15, -0.1) is 0 Å². The number of rotatable bonds is 5. The molecule has 9 nitrogen and oxygen atoms in total. The lowest BCUT2D eigenvalue weighted by molar-refractivity contribution is 0.415. The number of nitrogens with one attached hydrogen (secondary N) is 2. The molecular weight excluding hydrogens is 336 g/mol. The molecule has 136 valence electrons. The first kappa shape index (κ1) is 17.5. The number of benzene rings is 1. The van der Waals surface area contributed by atoms with Crippen molar-refractivity contribution in [2.45, 2.75) is 19.9 Å². The molecule has 0 bridgehead atoms. The molecule has 1 aromatic carbocycles. The normalized spacial score (nSPS) is 11.6. The number of hydrazone groups is 1. The monoisotopic (exact) mass is 356 g/mol. The van der Waals surface area contributed by atoms with Crippen molar-refractivity contribution in [1.82, 2.24) is 19.1 Å². The van der Waals surface area contributed by atoms with Gasteiger partial charge in [-0.2, -0.15) is 10.1 Å². The number of aromatic nitrogens is 4.